The smallest absolute Gasteiger partial charge is 0.260 e. The molecule has 1 aliphatic rings. The minimum Gasteiger partial charge on any atom is -0.365 e. The molecule has 5 heteroatoms. The Labute approximate surface area is 114 Å². The van der Waals surface area contributed by atoms with Crippen LogP contribution in [0.5, 0.6) is 0 Å². The number of carbonyl (C=O) groups excluding carboxylic acids is 1. The lowest BCUT2D eigenvalue weighted by molar-refractivity contribution is 0.100. The van der Waals surface area contributed by atoms with Gasteiger partial charge in [-0.1, -0.05) is 12.1 Å². The minimum atomic E-state index is -0.446. The molecule has 98 valence electrons. The summed E-state index contributed by atoms with van der Waals surface area (Å²) in [5, 5.41) is 0.857. The van der Waals surface area contributed by atoms with Crippen molar-refractivity contribution in [1.82, 2.24) is 4.98 Å². The van der Waals surface area contributed by atoms with E-state index < -0.39 is 5.91 Å². The number of nitrogens with zero attached hydrogens (tertiary/aromatic N) is 1. The third-order valence-corrected chi connectivity index (χ3v) is 4.83. The van der Waals surface area contributed by atoms with Gasteiger partial charge in [0.15, 0.2) is 0 Å². The van der Waals surface area contributed by atoms with Gasteiger partial charge in [-0.15, -0.1) is 11.3 Å². The van der Waals surface area contributed by atoms with Crippen molar-refractivity contribution in [2.75, 3.05) is 0 Å². The van der Waals surface area contributed by atoms with Gasteiger partial charge in [0.2, 0.25) is 0 Å². The van der Waals surface area contributed by atoms with Crippen molar-refractivity contribution < 1.29 is 9.18 Å². The number of carbonyl (C=O) groups is 1. The highest BCUT2D eigenvalue weighted by Crippen LogP contribution is 2.41. The van der Waals surface area contributed by atoms with E-state index in [0.29, 0.717) is 10.6 Å². The Morgan fingerprint density at radius 2 is 2.32 bits per heavy atom. The second-order valence-corrected chi connectivity index (χ2v) is 5.76. The number of amides is 1. The molecule has 3 nitrogen and oxygen atoms in total. The molecule has 0 fully saturated rings. The van der Waals surface area contributed by atoms with Crippen LogP contribution in [0, 0.1) is 12.7 Å². The topological polar surface area (TPSA) is 56.0 Å². The average molecular weight is 276 g/mol. The number of fused-ring (bicyclic) bond motifs is 1. The second kappa shape index (κ2) is 4.42. The number of aryl methyl sites for hydroxylation is 1. The van der Waals surface area contributed by atoms with Gasteiger partial charge in [0.05, 0.1) is 5.69 Å². The maximum absolute atomic E-state index is 13.7. The first-order valence-corrected chi connectivity index (χ1v) is 6.94. The number of thiazole rings is 1. The van der Waals surface area contributed by atoms with E-state index in [1.165, 1.54) is 17.4 Å². The average Bonchev–Trinajstić information content (AvgIpc) is 2.93. The number of aromatic nitrogens is 1. The van der Waals surface area contributed by atoms with Gasteiger partial charge in [0.1, 0.15) is 15.7 Å². The van der Waals surface area contributed by atoms with Gasteiger partial charge in [-0.2, -0.15) is 0 Å². The Morgan fingerprint density at radius 1 is 1.53 bits per heavy atom. The summed E-state index contributed by atoms with van der Waals surface area (Å²) in [7, 11) is 0. The Morgan fingerprint density at radius 3 is 3.00 bits per heavy atom. The predicted molar refractivity (Wildman–Crippen MR) is 71.9 cm³/mol. The van der Waals surface area contributed by atoms with Crippen LogP contribution in [-0.2, 0) is 6.42 Å². The zero-order valence-corrected chi connectivity index (χ0v) is 11.3. The lowest BCUT2D eigenvalue weighted by Gasteiger charge is -2.07. The largest absolute Gasteiger partial charge is 0.365 e. The van der Waals surface area contributed by atoms with Gasteiger partial charge in [-0.25, -0.2) is 9.37 Å². The third-order valence-electron chi connectivity index (χ3n) is 3.55. The van der Waals surface area contributed by atoms with Gasteiger partial charge in [-0.05, 0) is 37.0 Å². The van der Waals surface area contributed by atoms with Gasteiger partial charge >= 0.3 is 0 Å². The minimum absolute atomic E-state index is 0.0856. The fourth-order valence-electron chi connectivity index (χ4n) is 2.66. The normalized spacial score (nSPS) is 17.5. The van der Waals surface area contributed by atoms with Crippen LogP contribution >= 0.6 is 11.3 Å². The Kier molecular flexibility index (Phi) is 2.86. The molecular weight excluding hydrogens is 263 g/mol. The van der Waals surface area contributed by atoms with E-state index in [4.69, 9.17) is 5.73 Å². The highest BCUT2D eigenvalue weighted by Gasteiger charge is 2.29. The molecule has 1 heterocycles. The fraction of sp³-hybridized carbons (Fsp3) is 0.286. The standard InChI is InChI=1S/C14H13FN2OS/c1-7-12(13(16)18)19-14(17-7)10-6-5-9-8(10)3-2-4-11(9)15/h2-4,10H,5-6H2,1H3,(H2,16,18)/t10-/m1/s1. The van der Waals surface area contributed by atoms with Crippen molar-refractivity contribution in [3.8, 4) is 0 Å². The van der Waals surface area contributed by atoms with Crippen LogP contribution in [0.1, 0.15) is 43.8 Å². The van der Waals surface area contributed by atoms with Crippen LogP contribution in [0.15, 0.2) is 18.2 Å². The van der Waals surface area contributed by atoms with Crippen molar-refractivity contribution >= 4 is 17.2 Å². The first kappa shape index (κ1) is 12.3. The zero-order valence-electron chi connectivity index (χ0n) is 10.4. The van der Waals surface area contributed by atoms with E-state index >= 15 is 0 Å². The Hall–Kier alpha value is -1.75. The van der Waals surface area contributed by atoms with Crippen LogP contribution in [-0.4, -0.2) is 10.9 Å². The van der Waals surface area contributed by atoms with Gasteiger partial charge in [0, 0.05) is 5.92 Å². The molecule has 1 aliphatic carbocycles. The van der Waals surface area contributed by atoms with Gasteiger partial charge in [-0.3, -0.25) is 4.79 Å². The molecule has 19 heavy (non-hydrogen) atoms. The molecule has 1 amide bonds. The number of rotatable bonds is 2. The van der Waals surface area contributed by atoms with E-state index in [1.807, 2.05) is 6.07 Å². The molecule has 0 saturated carbocycles. The molecule has 0 radical (unpaired) electrons. The van der Waals surface area contributed by atoms with E-state index in [0.717, 1.165) is 29.0 Å². The van der Waals surface area contributed by atoms with Gasteiger partial charge in [0.25, 0.3) is 5.91 Å². The molecule has 1 aromatic heterocycles. The number of primary amides is 1. The lowest BCUT2D eigenvalue weighted by Crippen LogP contribution is -2.09. The van der Waals surface area contributed by atoms with Crippen molar-refractivity contribution in [3.63, 3.8) is 0 Å². The van der Waals surface area contributed by atoms with Crippen LogP contribution in [0.3, 0.4) is 0 Å². The first-order chi connectivity index (χ1) is 9.08. The first-order valence-electron chi connectivity index (χ1n) is 6.12. The molecule has 0 aliphatic heterocycles. The molecule has 0 spiro atoms. The maximum Gasteiger partial charge on any atom is 0.260 e. The zero-order chi connectivity index (χ0) is 13.6. The Balaban J connectivity index is 2.05. The molecule has 2 N–H and O–H groups in total. The van der Waals surface area contributed by atoms with Crippen LogP contribution < -0.4 is 5.73 Å². The summed E-state index contributed by atoms with van der Waals surface area (Å²) in [6, 6.07) is 5.15. The predicted octanol–water partition coefficient (Wildman–Crippen LogP) is 2.77. The third kappa shape index (κ3) is 1.94. The highest BCUT2D eigenvalue weighted by atomic mass is 32.1. The second-order valence-electron chi connectivity index (χ2n) is 4.73. The molecule has 0 unspecified atom stereocenters. The van der Waals surface area contributed by atoms with E-state index in [2.05, 4.69) is 4.98 Å². The molecule has 0 bridgehead atoms. The summed E-state index contributed by atoms with van der Waals surface area (Å²) in [4.78, 5) is 16.2. The van der Waals surface area contributed by atoms with Crippen molar-refractivity contribution in [3.05, 3.63) is 50.7 Å². The molecule has 1 aromatic carbocycles. The number of hydrogen-bond acceptors (Lipinski definition) is 3. The maximum atomic E-state index is 13.7. The summed E-state index contributed by atoms with van der Waals surface area (Å²) < 4.78 is 13.7. The number of nitrogens with two attached hydrogens (primary N) is 1. The summed E-state index contributed by atoms with van der Waals surface area (Å²) in [5.74, 6) is -0.510. The van der Waals surface area contributed by atoms with Crippen molar-refractivity contribution in [2.24, 2.45) is 5.73 Å². The molecular formula is C14H13FN2OS. The van der Waals surface area contributed by atoms with E-state index in [1.54, 1.807) is 13.0 Å². The van der Waals surface area contributed by atoms with E-state index in [9.17, 15) is 9.18 Å². The fourth-order valence-corrected chi connectivity index (χ4v) is 3.73. The lowest BCUT2D eigenvalue weighted by atomic mass is 10.0. The molecule has 1 atom stereocenters. The van der Waals surface area contributed by atoms with E-state index in [-0.39, 0.29) is 11.7 Å². The van der Waals surface area contributed by atoms with Crippen molar-refractivity contribution in [2.45, 2.75) is 25.7 Å². The quantitative estimate of drug-likeness (QED) is 0.917. The van der Waals surface area contributed by atoms with Crippen LogP contribution in [0.4, 0.5) is 4.39 Å². The molecule has 3 rings (SSSR count). The summed E-state index contributed by atoms with van der Waals surface area (Å²) in [6.45, 7) is 1.78. The molecule has 0 saturated heterocycles. The van der Waals surface area contributed by atoms with Gasteiger partial charge < -0.3 is 5.73 Å². The SMILES string of the molecule is Cc1nc([C@@H]2CCc3c(F)cccc32)sc1C(N)=O. The number of halogens is 1. The summed E-state index contributed by atoms with van der Waals surface area (Å²) in [6.07, 6.45) is 1.55. The van der Waals surface area contributed by atoms with Crippen LogP contribution in [0.25, 0.3) is 0 Å². The number of hydrogen-bond donors (Lipinski definition) is 1. The van der Waals surface area contributed by atoms with Crippen molar-refractivity contribution in [1.29, 1.82) is 0 Å². The Bertz CT molecular complexity index is 665. The summed E-state index contributed by atoms with van der Waals surface area (Å²) >= 11 is 1.33. The highest BCUT2D eigenvalue weighted by molar-refractivity contribution is 7.13. The molecule has 2 aromatic rings. The monoisotopic (exact) mass is 276 g/mol. The van der Waals surface area contributed by atoms with Crippen LogP contribution in [0.2, 0.25) is 0 Å². The summed E-state index contributed by atoms with van der Waals surface area (Å²) in [5.41, 5.74) is 7.75. The number of benzene rings is 1.